The number of hydrogen-bond acceptors (Lipinski definition) is 11. The van der Waals surface area contributed by atoms with Crippen molar-refractivity contribution in [1.29, 1.82) is 0 Å². The van der Waals surface area contributed by atoms with E-state index in [1.165, 1.54) is 18.3 Å². The van der Waals surface area contributed by atoms with Crippen molar-refractivity contribution in [3.63, 3.8) is 0 Å². The van der Waals surface area contributed by atoms with Crippen LogP contribution in [0.25, 0.3) is 10.3 Å². The molecule has 0 spiro atoms. The summed E-state index contributed by atoms with van der Waals surface area (Å²) in [6.45, 7) is 2.71. The predicted octanol–water partition coefficient (Wildman–Crippen LogP) is 3.18. The minimum absolute atomic E-state index is 0.00552. The average Bonchev–Trinajstić information content (AvgIpc) is 3.28. The number of pyridine rings is 1. The van der Waals surface area contributed by atoms with Crippen molar-refractivity contribution in [2.24, 2.45) is 5.16 Å². The highest BCUT2D eigenvalue weighted by Gasteiger charge is 2.19. The number of likely N-dealkylation sites (N-methyl/N-ethyl adjacent to an activating group) is 1. The van der Waals surface area contributed by atoms with Gasteiger partial charge in [-0.05, 0) is 33.2 Å². The summed E-state index contributed by atoms with van der Waals surface area (Å²) in [7, 11) is 3.93. The van der Waals surface area contributed by atoms with Crippen molar-refractivity contribution in [2.75, 3.05) is 32.6 Å². The minimum Gasteiger partial charge on any atom is -0.476 e. The zero-order valence-electron chi connectivity index (χ0n) is 20.5. The Bertz CT molecular complexity index is 1410. The first-order valence-electron chi connectivity index (χ1n) is 11.3. The molecule has 0 aliphatic heterocycles. The maximum atomic E-state index is 13.2. The first-order chi connectivity index (χ1) is 17.9. The van der Waals surface area contributed by atoms with E-state index in [4.69, 9.17) is 9.57 Å². The van der Waals surface area contributed by atoms with Gasteiger partial charge in [-0.15, -0.1) is 0 Å². The number of aromatic nitrogens is 4. The molecule has 4 aromatic rings. The summed E-state index contributed by atoms with van der Waals surface area (Å²) in [6, 6.07) is 11.7. The van der Waals surface area contributed by atoms with Crippen molar-refractivity contribution < 1.29 is 19.2 Å². The summed E-state index contributed by atoms with van der Waals surface area (Å²) in [6.07, 6.45) is 3.17. The van der Waals surface area contributed by atoms with Crippen molar-refractivity contribution in [1.82, 2.24) is 24.8 Å². The number of anilines is 1. The highest BCUT2D eigenvalue weighted by Crippen LogP contribution is 2.26. The molecule has 3 aromatic heterocycles. The van der Waals surface area contributed by atoms with E-state index >= 15 is 0 Å². The van der Waals surface area contributed by atoms with E-state index in [9.17, 15) is 9.59 Å². The van der Waals surface area contributed by atoms with Crippen molar-refractivity contribution in [2.45, 2.75) is 13.5 Å². The number of nitrogens with zero attached hydrogens (tertiary/aromatic N) is 6. The molecule has 0 saturated carbocycles. The van der Waals surface area contributed by atoms with E-state index < -0.39 is 5.91 Å². The molecule has 0 radical (unpaired) electrons. The molecule has 0 aliphatic rings. The lowest BCUT2D eigenvalue weighted by atomic mass is 10.1. The molecule has 1 aromatic carbocycles. The van der Waals surface area contributed by atoms with Gasteiger partial charge in [0.05, 0.1) is 0 Å². The number of carbonyl (C=O) groups excluding carboxylic acids is 2. The van der Waals surface area contributed by atoms with Crippen LogP contribution in [-0.4, -0.2) is 69.5 Å². The van der Waals surface area contributed by atoms with Gasteiger partial charge in [-0.25, -0.2) is 19.9 Å². The van der Waals surface area contributed by atoms with Crippen LogP contribution in [0.2, 0.25) is 0 Å². The topological polar surface area (TPSA) is 132 Å². The molecule has 37 heavy (non-hydrogen) atoms. The van der Waals surface area contributed by atoms with Crippen LogP contribution >= 0.6 is 11.3 Å². The first kappa shape index (κ1) is 25.8. The Morgan fingerprint density at radius 2 is 1.76 bits per heavy atom. The van der Waals surface area contributed by atoms with Gasteiger partial charge in [-0.1, -0.05) is 40.8 Å². The van der Waals surface area contributed by atoms with Crippen LogP contribution in [0, 0.1) is 0 Å². The summed E-state index contributed by atoms with van der Waals surface area (Å²) >= 11 is 1.21. The van der Waals surface area contributed by atoms with Crippen LogP contribution in [0.3, 0.4) is 0 Å². The lowest BCUT2D eigenvalue weighted by Gasteiger charge is -2.09. The summed E-state index contributed by atoms with van der Waals surface area (Å²) < 4.78 is 5.69. The van der Waals surface area contributed by atoms with Gasteiger partial charge in [-0.3, -0.25) is 14.9 Å². The monoisotopic (exact) mass is 519 g/mol. The number of hydrogen-bond donors (Lipinski definition) is 1. The fourth-order valence-electron chi connectivity index (χ4n) is 3.07. The number of oxime groups is 1. The van der Waals surface area contributed by atoms with E-state index in [-0.39, 0.29) is 18.1 Å². The van der Waals surface area contributed by atoms with Crippen LogP contribution in [0.4, 0.5) is 5.13 Å². The molecule has 0 aliphatic carbocycles. The van der Waals surface area contributed by atoms with Crippen LogP contribution in [0.15, 0.2) is 60.0 Å². The van der Waals surface area contributed by atoms with Gasteiger partial charge in [-0.2, -0.15) is 0 Å². The molecule has 11 nitrogen and oxygen atoms in total. The van der Waals surface area contributed by atoms with E-state index in [1.54, 1.807) is 54.9 Å². The molecule has 0 unspecified atom stereocenters. The Kier molecular flexibility index (Phi) is 8.44. The molecule has 190 valence electrons. The average molecular weight is 520 g/mol. The largest absolute Gasteiger partial charge is 0.476 e. The molecule has 0 fully saturated rings. The lowest BCUT2D eigenvalue weighted by Crippen LogP contribution is -2.24. The third-order valence-electron chi connectivity index (χ3n) is 4.99. The number of rotatable bonds is 11. The van der Waals surface area contributed by atoms with Crippen molar-refractivity contribution in [3.05, 3.63) is 71.8 Å². The molecule has 12 heteroatoms. The molecule has 3 heterocycles. The number of benzene rings is 1. The molecule has 0 bridgehead atoms. The Balaban J connectivity index is 1.52. The maximum Gasteiger partial charge on any atom is 0.280 e. The summed E-state index contributed by atoms with van der Waals surface area (Å²) in [5, 5.41) is 7.16. The van der Waals surface area contributed by atoms with Crippen molar-refractivity contribution >= 4 is 44.2 Å². The minimum atomic E-state index is -0.536. The summed E-state index contributed by atoms with van der Waals surface area (Å²) in [5.74, 6) is 0.282. The smallest absolute Gasteiger partial charge is 0.280 e. The molecule has 0 saturated heterocycles. The Hall–Kier alpha value is -4.29. The highest BCUT2D eigenvalue weighted by atomic mass is 32.1. The Labute approximate surface area is 217 Å². The summed E-state index contributed by atoms with van der Waals surface area (Å²) in [4.78, 5) is 50.0. The molecular formula is C25H25N7O4S. The van der Waals surface area contributed by atoms with Crippen LogP contribution < -0.4 is 10.1 Å². The number of ether oxygens (including phenoxy) is 1. The van der Waals surface area contributed by atoms with Crippen LogP contribution in [-0.2, 0) is 16.2 Å². The molecule has 1 N–H and O–H groups in total. The predicted molar refractivity (Wildman–Crippen MR) is 140 cm³/mol. The van der Waals surface area contributed by atoms with Gasteiger partial charge in [0.25, 0.3) is 5.91 Å². The number of nitrogens with one attached hydrogen (secondary N) is 1. The van der Waals surface area contributed by atoms with E-state index in [2.05, 4.69) is 30.4 Å². The number of fused-ring (bicyclic) bond motifs is 1. The zero-order chi connectivity index (χ0) is 26.2. The molecule has 4 rings (SSSR count). The quantitative estimate of drug-likeness (QED) is 0.180. The third-order valence-corrected chi connectivity index (χ3v) is 5.87. The standard InChI is InChI=1S/C25H25N7O4S/c1-16(33)17-5-7-18(8-6-17)22(31-36-15-20-26-11-4-12-27-20)23(34)30-25-28-19-9-10-21(29-24(19)37-25)35-14-13-32(2)3/h4-12H,13-15H2,1-3H3,(H,28,30,34)/b31-22-. The zero-order valence-corrected chi connectivity index (χ0v) is 21.4. The van der Waals surface area contributed by atoms with E-state index in [0.717, 1.165) is 6.54 Å². The molecule has 1 amide bonds. The number of ketones is 1. The molecular weight excluding hydrogens is 494 g/mol. The SMILES string of the molecule is CC(=O)c1ccc(/C(=N/OCc2ncccn2)C(=O)Nc2nc3ccc(OCCN(C)C)nc3s2)cc1. The van der Waals surface area contributed by atoms with Gasteiger partial charge < -0.3 is 14.5 Å². The van der Waals surface area contributed by atoms with Gasteiger partial charge in [0.15, 0.2) is 29.1 Å². The van der Waals surface area contributed by atoms with Crippen LogP contribution in [0.5, 0.6) is 5.88 Å². The second kappa shape index (κ2) is 12.1. The first-order valence-corrected chi connectivity index (χ1v) is 12.1. The second-order valence-corrected chi connectivity index (χ2v) is 9.09. The van der Waals surface area contributed by atoms with Gasteiger partial charge >= 0.3 is 0 Å². The van der Waals surface area contributed by atoms with Gasteiger partial charge in [0, 0.05) is 36.1 Å². The molecule has 0 atom stereocenters. The normalized spacial score (nSPS) is 11.5. The number of carbonyl (C=O) groups is 2. The maximum absolute atomic E-state index is 13.2. The van der Waals surface area contributed by atoms with Crippen LogP contribution in [0.1, 0.15) is 28.7 Å². The third kappa shape index (κ3) is 7.12. The Morgan fingerprint density at radius 3 is 2.46 bits per heavy atom. The second-order valence-electron chi connectivity index (χ2n) is 8.11. The van der Waals surface area contributed by atoms with E-state index in [1.807, 2.05) is 19.0 Å². The van der Waals surface area contributed by atoms with Gasteiger partial charge in [0.2, 0.25) is 5.88 Å². The lowest BCUT2D eigenvalue weighted by molar-refractivity contribution is -0.110. The highest BCUT2D eigenvalue weighted by molar-refractivity contribution is 7.22. The van der Waals surface area contributed by atoms with E-state index in [0.29, 0.717) is 44.9 Å². The number of thiazole rings is 1. The van der Waals surface area contributed by atoms with Gasteiger partial charge in [0.1, 0.15) is 17.0 Å². The number of amides is 1. The Morgan fingerprint density at radius 1 is 1.03 bits per heavy atom. The fraction of sp³-hybridized carbons (Fsp3) is 0.240. The fourth-order valence-corrected chi connectivity index (χ4v) is 3.89. The van der Waals surface area contributed by atoms with Crippen molar-refractivity contribution in [3.8, 4) is 5.88 Å². The summed E-state index contributed by atoms with van der Waals surface area (Å²) in [5.41, 5.74) is 1.61. The number of Topliss-reactive ketones (excluding diaryl/α,β-unsaturated/α-hetero) is 1.